The third-order valence-electron chi connectivity index (χ3n) is 4.41. The maximum Gasteiger partial charge on any atom is 0.319 e. The zero-order valence-electron chi connectivity index (χ0n) is 14.4. The van der Waals surface area contributed by atoms with Gasteiger partial charge in [0.2, 0.25) is 5.91 Å². The Bertz CT molecular complexity index is 845. The molecule has 25 heavy (non-hydrogen) atoms. The Balaban J connectivity index is 1.93. The van der Waals surface area contributed by atoms with Crippen LogP contribution in [-0.4, -0.2) is 11.9 Å². The van der Waals surface area contributed by atoms with E-state index in [1.54, 1.807) is 12.1 Å². The zero-order valence-corrected chi connectivity index (χ0v) is 15.2. The lowest BCUT2D eigenvalue weighted by Crippen LogP contribution is -2.30. The second kappa shape index (κ2) is 6.89. The van der Waals surface area contributed by atoms with E-state index in [1.807, 2.05) is 45.0 Å². The number of halogens is 1. The van der Waals surface area contributed by atoms with Gasteiger partial charge in [-0.1, -0.05) is 43.6 Å². The standard InChI is InChI=1S/C20H20ClNO3/c1-11(2)14-9-16(21)12(3)8-18(14)25-20(24)15-10-19(23)22-17-7-5-4-6-13(15)17/h4-9,11,15H,10H2,1-3H3,(H,22,23). The van der Waals surface area contributed by atoms with Crippen LogP contribution < -0.4 is 10.1 Å². The molecule has 0 radical (unpaired) electrons. The Kier molecular flexibility index (Phi) is 4.82. The molecule has 0 fully saturated rings. The van der Waals surface area contributed by atoms with Crippen molar-refractivity contribution in [3.8, 4) is 5.75 Å². The number of carbonyl (C=O) groups excluding carboxylic acids is 2. The summed E-state index contributed by atoms with van der Waals surface area (Å²) in [5.74, 6) is -0.558. The summed E-state index contributed by atoms with van der Waals surface area (Å²) in [5, 5.41) is 3.43. The predicted octanol–water partition coefficient (Wildman–Crippen LogP) is 4.80. The lowest BCUT2D eigenvalue weighted by Gasteiger charge is -2.24. The van der Waals surface area contributed by atoms with Gasteiger partial charge in [-0.3, -0.25) is 9.59 Å². The first-order chi connectivity index (χ1) is 11.9. The van der Waals surface area contributed by atoms with Crippen LogP contribution in [0.4, 0.5) is 5.69 Å². The molecule has 1 aliphatic rings. The molecule has 1 unspecified atom stereocenters. The molecule has 4 nitrogen and oxygen atoms in total. The van der Waals surface area contributed by atoms with Gasteiger partial charge in [-0.05, 0) is 47.7 Å². The molecule has 3 rings (SSSR count). The van der Waals surface area contributed by atoms with Crippen LogP contribution in [0.25, 0.3) is 0 Å². The molecule has 1 aliphatic heterocycles. The van der Waals surface area contributed by atoms with Gasteiger partial charge in [0.15, 0.2) is 0 Å². The fourth-order valence-corrected chi connectivity index (χ4v) is 3.18. The summed E-state index contributed by atoms with van der Waals surface area (Å²) in [6, 6.07) is 10.9. The van der Waals surface area contributed by atoms with Gasteiger partial charge in [-0.15, -0.1) is 0 Å². The van der Waals surface area contributed by atoms with Crippen molar-refractivity contribution in [3.63, 3.8) is 0 Å². The van der Waals surface area contributed by atoms with Crippen molar-refractivity contribution in [1.29, 1.82) is 0 Å². The summed E-state index contributed by atoms with van der Waals surface area (Å²) >= 11 is 6.21. The van der Waals surface area contributed by atoms with Gasteiger partial charge in [0.05, 0.1) is 5.92 Å². The number of para-hydroxylation sites is 1. The quantitative estimate of drug-likeness (QED) is 0.634. The number of amides is 1. The molecule has 130 valence electrons. The molecule has 0 spiro atoms. The Morgan fingerprint density at radius 2 is 2.00 bits per heavy atom. The van der Waals surface area contributed by atoms with E-state index in [4.69, 9.17) is 16.3 Å². The van der Waals surface area contributed by atoms with Gasteiger partial charge in [-0.25, -0.2) is 0 Å². The molecule has 1 amide bonds. The van der Waals surface area contributed by atoms with E-state index in [0.29, 0.717) is 16.5 Å². The van der Waals surface area contributed by atoms with Gasteiger partial charge in [0.1, 0.15) is 5.75 Å². The number of fused-ring (bicyclic) bond motifs is 1. The topological polar surface area (TPSA) is 55.4 Å². The molecule has 1 heterocycles. The molecule has 0 saturated carbocycles. The predicted molar refractivity (Wildman–Crippen MR) is 98.3 cm³/mol. The number of esters is 1. The number of ether oxygens (including phenoxy) is 1. The van der Waals surface area contributed by atoms with Crippen molar-refractivity contribution < 1.29 is 14.3 Å². The first-order valence-corrected chi connectivity index (χ1v) is 8.65. The van der Waals surface area contributed by atoms with Crippen molar-refractivity contribution in [2.24, 2.45) is 0 Å². The van der Waals surface area contributed by atoms with E-state index in [0.717, 1.165) is 16.7 Å². The first-order valence-electron chi connectivity index (χ1n) is 8.27. The number of carbonyl (C=O) groups is 2. The summed E-state index contributed by atoms with van der Waals surface area (Å²) in [6.07, 6.45) is 0.0828. The highest BCUT2D eigenvalue weighted by Crippen LogP contribution is 2.36. The summed E-state index contributed by atoms with van der Waals surface area (Å²) < 4.78 is 5.71. The summed E-state index contributed by atoms with van der Waals surface area (Å²) in [4.78, 5) is 24.7. The molecular formula is C20H20ClNO3. The molecule has 1 atom stereocenters. The van der Waals surface area contributed by atoms with E-state index >= 15 is 0 Å². The van der Waals surface area contributed by atoms with Crippen LogP contribution in [0.1, 0.15) is 48.8 Å². The van der Waals surface area contributed by atoms with E-state index in [1.165, 1.54) is 0 Å². The zero-order chi connectivity index (χ0) is 18.1. The highest BCUT2D eigenvalue weighted by atomic mass is 35.5. The molecule has 0 saturated heterocycles. The third-order valence-corrected chi connectivity index (χ3v) is 4.82. The monoisotopic (exact) mass is 357 g/mol. The molecule has 0 aromatic heterocycles. The molecule has 1 N–H and O–H groups in total. The SMILES string of the molecule is Cc1cc(OC(=O)C2CC(=O)Nc3ccccc32)c(C(C)C)cc1Cl. The highest BCUT2D eigenvalue weighted by Gasteiger charge is 2.32. The Labute approximate surface area is 152 Å². The minimum atomic E-state index is -0.610. The Morgan fingerprint density at radius 3 is 2.72 bits per heavy atom. The largest absolute Gasteiger partial charge is 0.426 e. The van der Waals surface area contributed by atoms with Crippen molar-refractivity contribution in [3.05, 3.63) is 58.1 Å². The maximum atomic E-state index is 12.8. The summed E-state index contributed by atoms with van der Waals surface area (Å²) in [5.41, 5.74) is 3.16. The molecule has 2 aromatic carbocycles. The summed E-state index contributed by atoms with van der Waals surface area (Å²) in [6.45, 7) is 5.90. The number of rotatable bonds is 3. The van der Waals surface area contributed by atoms with Crippen molar-refractivity contribution in [2.45, 2.75) is 39.0 Å². The van der Waals surface area contributed by atoms with Gasteiger partial charge >= 0.3 is 5.97 Å². The normalized spacial score (nSPS) is 16.4. The molecular weight excluding hydrogens is 338 g/mol. The van der Waals surface area contributed by atoms with Gasteiger partial charge < -0.3 is 10.1 Å². The molecule has 0 bridgehead atoms. The van der Waals surface area contributed by atoms with Gasteiger partial charge in [0.25, 0.3) is 0 Å². The van der Waals surface area contributed by atoms with Crippen LogP contribution in [0.3, 0.4) is 0 Å². The van der Waals surface area contributed by atoms with E-state index in [9.17, 15) is 9.59 Å². The number of benzene rings is 2. The minimum Gasteiger partial charge on any atom is -0.426 e. The molecule has 2 aromatic rings. The van der Waals surface area contributed by atoms with E-state index in [2.05, 4.69) is 5.32 Å². The first kappa shape index (κ1) is 17.5. The smallest absolute Gasteiger partial charge is 0.319 e. The summed E-state index contributed by atoms with van der Waals surface area (Å²) in [7, 11) is 0. The van der Waals surface area contributed by atoms with Gasteiger partial charge in [0, 0.05) is 17.1 Å². The van der Waals surface area contributed by atoms with Crippen molar-refractivity contribution >= 4 is 29.2 Å². The van der Waals surface area contributed by atoms with Crippen LogP contribution >= 0.6 is 11.6 Å². The fraction of sp³-hybridized carbons (Fsp3) is 0.300. The highest BCUT2D eigenvalue weighted by molar-refractivity contribution is 6.31. The average molecular weight is 358 g/mol. The molecule has 5 heteroatoms. The number of nitrogens with one attached hydrogen (secondary N) is 1. The van der Waals surface area contributed by atoms with Crippen molar-refractivity contribution in [2.75, 3.05) is 5.32 Å². The molecule has 0 aliphatic carbocycles. The van der Waals surface area contributed by atoms with E-state index < -0.39 is 11.9 Å². The Morgan fingerprint density at radius 1 is 1.28 bits per heavy atom. The number of hydrogen-bond donors (Lipinski definition) is 1. The maximum absolute atomic E-state index is 12.8. The lowest BCUT2D eigenvalue weighted by atomic mass is 9.90. The van der Waals surface area contributed by atoms with Crippen LogP contribution in [-0.2, 0) is 9.59 Å². The van der Waals surface area contributed by atoms with Crippen LogP contribution in [0.2, 0.25) is 5.02 Å². The second-order valence-electron chi connectivity index (χ2n) is 6.61. The van der Waals surface area contributed by atoms with Crippen LogP contribution in [0.5, 0.6) is 5.75 Å². The fourth-order valence-electron chi connectivity index (χ4n) is 3.01. The van der Waals surface area contributed by atoms with Crippen LogP contribution in [0.15, 0.2) is 36.4 Å². The number of anilines is 1. The van der Waals surface area contributed by atoms with E-state index in [-0.39, 0.29) is 18.2 Å². The minimum absolute atomic E-state index is 0.0828. The van der Waals surface area contributed by atoms with Gasteiger partial charge in [-0.2, -0.15) is 0 Å². The third kappa shape index (κ3) is 3.54. The second-order valence-corrected chi connectivity index (χ2v) is 7.01. The lowest BCUT2D eigenvalue weighted by molar-refractivity contribution is -0.138. The average Bonchev–Trinajstić information content (AvgIpc) is 2.56. The van der Waals surface area contributed by atoms with Crippen molar-refractivity contribution in [1.82, 2.24) is 0 Å². The number of hydrogen-bond acceptors (Lipinski definition) is 3. The number of aryl methyl sites for hydroxylation is 1. The van der Waals surface area contributed by atoms with Crippen LogP contribution in [0, 0.1) is 6.92 Å². The Hall–Kier alpha value is -2.33.